The van der Waals surface area contributed by atoms with E-state index in [1.54, 1.807) is 0 Å². The van der Waals surface area contributed by atoms with Gasteiger partial charge in [-0.2, -0.15) is 9.97 Å². The van der Waals surface area contributed by atoms with Crippen molar-refractivity contribution in [3.63, 3.8) is 0 Å². The lowest BCUT2D eigenvalue weighted by atomic mass is 9.91. The molecule has 148 valence electrons. The lowest BCUT2D eigenvalue weighted by Crippen LogP contribution is -2.43. The Kier molecular flexibility index (Phi) is 5.29. The summed E-state index contributed by atoms with van der Waals surface area (Å²) in [5.41, 5.74) is 8.53. The molecule has 2 atom stereocenters. The number of aryl methyl sites for hydroxylation is 1. The summed E-state index contributed by atoms with van der Waals surface area (Å²) in [6.07, 6.45) is 4.23. The number of nitrogens with two attached hydrogens (primary N) is 1. The number of nitrogens with zero attached hydrogens (tertiary/aromatic N) is 2. The monoisotopic (exact) mass is 382 g/mol. The maximum atomic E-state index is 12.6. The molecule has 1 aromatic carbocycles. The Bertz CT molecular complexity index is 872. The van der Waals surface area contributed by atoms with Crippen molar-refractivity contribution in [3.8, 4) is 5.88 Å². The van der Waals surface area contributed by atoms with Crippen molar-refractivity contribution in [3.05, 3.63) is 35.4 Å². The first-order valence-electron chi connectivity index (χ1n) is 9.79. The summed E-state index contributed by atoms with van der Waals surface area (Å²) in [6.45, 7) is 2.80. The third kappa shape index (κ3) is 4.01. The van der Waals surface area contributed by atoms with Crippen molar-refractivity contribution in [1.29, 1.82) is 0 Å². The highest BCUT2D eigenvalue weighted by molar-refractivity contribution is 6.02. The van der Waals surface area contributed by atoms with Crippen LogP contribution >= 0.6 is 0 Å². The molecule has 1 fully saturated rings. The van der Waals surface area contributed by atoms with Gasteiger partial charge in [-0.25, -0.2) is 0 Å². The van der Waals surface area contributed by atoms with E-state index in [2.05, 4.69) is 25.9 Å². The average Bonchev–Trinajstić information content (AvgIpc) is 2.85. The van der Waals surface area contributed by atoms with Crippen molar-refractivity contribution in [1.82, 2.24) is 15.3 Å². The Labute approximate surface area is 164 Å². The molecule has 28 heavy (non-hydrogen) atoms. The summed E-state index contributed by atoms with van der Waals surface area (Å²) in [6, 6.07) is 8.06. The standard InChI is InChI=1S/C20H26N6O2/c1-12-5-4-6-13(11-12)23-17-16-18(27)22-9-10-28-19(16)26-20(25-17)24-15-8-3-2-7-14(15)21/h4-6,11,14-15H,2-3,7-10,21H2,1H3,(H,22,27)(H2,23,24,25,26)/t14-,15+/m0/s1. The van der Waals surface area contributed by atoms with Gasteiger partial charge in [-0.15, -0.1) is 0 Å². The van der Waals surface area contributed by atoms with Gasteiger partial charge in [0.1, 0.15) is 12.2 Å². The first kappa shape index (κ1) is 18.5. The molecule has 2 aliphatic rings. The molecule has 8 nitrogen and oxygen atoms in total. The van der Waals surface area contributed by atoms with Crippen LogP contribution in [0, 0.1) is 6.92 Å². The predicted octanol–water partition coefficient (Wildman–Crippen LogP) is 2.33. The summed E-state index contributed by atoms with van der Waals surface area (Å²) in [5.74, 6) is 0.878. The largest absolute Gasteiger partial charge is 0.475 e. The Hall–Kier alpha value is -2.87. The molecule has 0 spiro atoms. The first-order chi connectivity index (χ1) is 13.6. The van der Waals surface area contributed by atoms with Gasteiger partial charge in [-0.05, 0) is 37.5 Å². The number of ether oxygens (including phenoxy) is 1. The lowest BCUT2D eigenvalue weighted by molar-refractivity contribution is 0.0957. The molecule has 0 radical (unpaired) electrons. The topological polar surface area (TPSA) is 114 Å². The predicted molar refractivity (Wildman–Crippen MR) is 108 cm³/mol. The normalized spacial score (nSPS) is 21.7. The highest BCUT2D eigenvalue weighted by atomic mass is 16.5. The minimum atomic E-state index is -0.247. The second-order valence-corrected chi connectivity index (χ2v) is 7.37. The van der Waals surface area contributed by atoms with Crippen LogP contribution in [-0.2, 0) is 0 Å². The van der Waals surface area contributed by atoms with Crippen molar-refractivity contribution < 1.29 is 9.53 Å². The number of carbonyl (C=O) groups excluding carboxylic acids is 1. The Morgan fingerprint density at radius 1 is 1.25 bits per heavy atom. The highest BCUT2D eigenvalue weighted by Crippen LogP contribution is 2.30. The molecular weight excluding hydrogens is 356 g/mol. The fraction of sp³-hybridized carbons (Fsp3) is 0.450. The van der Waals surface area contributed by atoms with Gasteiger partial charge >= 0.3 is 0 Å². The van der Waals surface area contributed by atoms with Gasteiger partial charge in [0.2, 0.25) is 11.8 Å². The number of nitrogens with one attached hydrogen (secondary N) is 3. The van der Waals surface area contributed by atoms with Gasteiger partial charge in [0.05, 0.1) is 6.54 Å². The molecule has 8 heteroatoms. The quantitative estimate of drug-likeness (QED) is 0.642. The van der Waals surface area contributed by atoms with Crippen LogP contribution in [0.1, 0.15) is 41.6 Å². The number of rotatable bonds is 4. The van der Waals surface area contributed by atoms with Crippen LogP contribution in [0.25, 0.3) is 0 Å². The average molecular weight is 382 g/mol. The summed E-state index contributed by atoms with van der Waals surface area (Å²) < 4.78 is 5.73. The zero-order valence-electron chi connectivity index (χ0n) is 16.0. The SMILES string of the molecule is Cc1cccc(Nc2nc(N[C@@H]3CCCC[C@@H]3N)nc3c2C(=O)NCCO3)c1. The van der Waals surface area contributed by atoms with Crippen LogP contribution in [0.5, 0.6) is 5.88 Å². The molecule has 5 N–H and O–H groups in total. The number of benzene rings is 1. The fourth-order valence-corrected chi connectivity index (χ4v) is 3.67. The van der Waals surface area contributed by atoms with Gasteiger partial charge in [0.15, 0.2) is 5.82 Å². The van der Waals surface area contributed by atoms with Crippen LogP contribution in [0.4, 0.5) is 17.5 Å². The number of anilines is 3. The number of amides is 1. The molecule has 1 amide bonds. The Balaban J connectivity index is 1.70. The third-order valence-electron chi connectivity index (χ3n) is 5.14. The minimum absolute atomic E-state index is 0.0635. The molecule has 1 aliphatic heterocycles. The van der Waals surface area contributed by atoms with Crippen LogP contribution in [-0.4, -0.2) is 41.1 Å². The maximum Gasteiger partial charge on any atom is 0.260 e. The zero-order valence-corrected chi connectivity index (χ0v) is 16.0. The van der Waals surface area contributed by atoms with E-state index in [-0.39, 0.29) is 23.9 Å². The summed E-state index contributed by atoms with van der Waals surface area (Å²) >= 11 is 0. The molecule has 1 aliphatic carbocycles. The second kappa shape index (κ2) is 8.02. The molecule has 2 heterocycles. The van der Waals surface area contributed by atoms with E-state index in [0.717, 1.165) is 36.9 Å². The van der Waals surface area contributed by atoms with Crippen LogP contribution in [0.2, 0.25) is 0 Å². The number of hydrogen-bond acceptors (Lipinski definition) is 7. The van der Waals surface area contributed by atoms with Crippen LogP contribution in [0.3, 0.4) is 0 Å². The summed E-state index contributed by atoms with van der Waals surface area (Å²) in [4.78, 5) is 21.7. The third-order valence-corrected chi connectivity index (χ3v) is 5.14. The number of fused-ring (bicyclic) bond motifs is 1. The molecule has 0 unspecified atom stereocenters. The van der Waals surface area contributed by atoms with E-state index in [1.165, 1.54) is 0 Å². The van der Waals surface area contributed by atoms with E-state index < -0.39 is 0 Å². The molecule has 4 rings (SSSR count). The molecule has 0 saturated heterocycles. The van der Waals surface area contributed by atoms with E-state index in [4.69, 9.17) is 10.5 Å². The molecular formula is C20H26N6O2. The van der Waals surface area contributed by atoms with Crippen molar-refractivity contribution in [2.24, 2.45) is 5.73 Å². The van der Waals surface area contributed by atoms with E-state index in [1.807, 2.05) is 31.2 Å². The maximum absolute atomic E-state index is 12.6. The van der Waals surface area contributed by atoms with E-state index in [9.17, 15) is 4.79 Å². The summed E-state index contributed by atoms with van der Waals surface area (Å²) in [5, 5.41) is 9.43. The van der Waals surface area contributed by atoms with Crippen LogP contribution < -0.4 is 26.4 Å². The molecule has 1 saturated carbocycles. The van der Waals surface area contributed by atoms with Gasteiger partial charge in [0.25, 0.3) is 5.91 Å². The molecule has 0 bridgehead atoms. The lowest BCUT2D eigenvalue weighted by Gasteiger charge is -2.29. The van der Waals surface area contributed by atoms with Gasteiger partial charge in [-0.3, -0.25) is 4.79 Å². The number of hydrogen-bond donors (Lipinski definition) is 4. The van der Waals surface area contributed by atoms with Gasteiger partial charge in [-0.1, -0.05) is 25.0 Å². The van der Waals surface area contributed by atoms with Crippen molar-refractivity contribution in [2.75, 3.05) is 23.8 Å². The van der Waals surface area contributed by atoms with Crippen molar-refractivity contribution >= 4 is 23.4 Å². The fourth-order valence-electron chi connectivity index (χ4n) is 3.67. The number of carbonyl (C=O) groups is 1. The Morgan fingerprint density at radius 2 is 2.11 bits per heavy atom. The van der Waals surface area contributed by atoms with Gasteiger partial charge < -0.3 is 26.4 Å². The Morgan fingerprint density at radius 3 is 2.93 bits per heavy atom. The first-order valence-corrected chi connectivity index (χ1v) is 9.79. The van der Waals surface area contributed by atoms with E-state index >= 15 is 0 Å². The zero-order chi connectivity index (χ0) is 19.5. The smallest absolute Gasteiger partial charge is 0.260 e. The van der Waals surface area contributed by atoms with Crippen molar-refractivity contribution in [2.45, 2.75) is 44.7 Å². The molecule has 1 aromatic heterocycles. The van der Waals surface area contributed by atoms with Crippen LogP contribution in [0.15, 0.2) is 24.3 Å². The number of aromatic nitrogens is 2. The highest BCUT2D eigenvalue weighted by Gasteiger charge is 2.27. The molecule has 2 aromatic rings. The summed E-state index contributed by atoms with van der Waals surface area (Å²) in [7, 11) is 0. The minimum Gasteiger partial charge on any atom is -0.475 e. The second-order valence-electron chi connectivity index (χ2n) is 7.37. The van der Waals surface area contributed by atoms with Gasteiger partial charge in [0, 0.05) is 17.8 Å². The van der Waals surface area contributed by atoms with E-state index in [0.29, 0.717) is 30.5 Å².